The van der Waals surface area contributed by atoms with Crippen molar-refractivity contribution in [2.24, 2.45) is 5.41 Å². The van der Waals surface area contributed by atoms with Crippen LogP contribution in [0.2, 0.25) is 0 Å². The van der Waals surface area contributed by atoms with Crippen LogP contribution in [0.1, 0.15) is 51.7 Å². The SMILES string of the molecule is CC(C)(O)CCS(=O)Cc1ccc(CS(=O)CCC(C)(C)CO)cc1. The molecule has 1 aromatic rings. The third-order valence-electron chi connectivity index (χ3n) is 4.05. The average Bonchev–Trinajstić information content (AvgIpc) is 2.52. The second kappa shape index (κ2) is 9.95. The van der Waals surface area contributed by atoms with Crippen LogP contribution in [0.5, 0.6) is 0 Å². The maximum Gasteiger partial charge on any atom is 0.0600 e. The third-order valence-corrected chi connectivity index (χ3v) is 6.68. The molecule has 0 saturated carbocycles. The Morgan fingerprint density at radius 2 is 1.24 bits per heavy atom. The van der Waals surface area contributed by atoms with Crippen molar-refractivity contribution in [3.63, 3.8) is 0 Å². The Morgan fingerprint density at radius 1 is 0.840 bits per heavy atom. The molecule has 0 bridgehead atoms. The lowest BCUT2D eigenvalue weighted by molar-refractivity contribution is 0.0775. The molecule has 0 aromatic heterocycles. The fourth-order valence-electron chi connectivity index (χ4n) is 2.08. The standard InChI is InChI=1S/C19H32O4S2/c1-18(2,15-20)9-11-24(22)13-16-5-7-17(8-6-16)14-25(23)12-10-19(3,4)21/h5-8,20-21H,9-15H2,1-4H3. The summed E-state index contributed by atoms with van der Waals surface area (Å²) in [7, 11) is -1.94. The van der Waals surface area contributed by atoms with E-state index in [0.717, 1.165) is 17.5 Å². The van der Waals surface area contributed by atoms with E-state index in [1.807, 2.05) is 38.1 Å². The number of aliphatic hydroxyl groups is 2. The number of hydrogen-bond donors (Lipinski definition) is 2. The Labute approximate surface area is 157 Å². The molecule has 0 spiro atoms. The molecule has 0 heterocycles. The van der Waals surface area contributed by atoms with Gasteiger partial charge in [-0.15, -0.1) is 0 Å². The molecule has 0 aliphatic heterocycles. The first-order chi connectivity index (χ1) is 11.5. The molecule has 144 valence electrons. The molecule has 0 saturated heterocycles. The zero-order chi connectivity index (χ0) is 19.1. The molecule has 4 nitrogen and oxygen atoms in total. The summed E-state index contributed by atoms with van der Waals surface area (Å²) >= 11 is 0. The molecular weight excluding hydrogens is 356 g/mol. The minimum atomic E-state index is -0.993. The summed E-state index contributed by atoms with van der Waals surface area (Å²) in [5.74, 6) is 2.04. The van der Waals surface area contributed by atoms with Gasteiger partial charge >= 0.3 is 0 Å². The highest BCUT2D eigenvalue weighted by molar-refractivity contribution is 7.84. The van der Waals surface area contributed by atoms with Crippen molar-refractivity contribution < 1.29 is 18.6 Å². The van der Waals surface area contributed by atoms with Crippen molar-refractivity contribution >= 4 is 21.6 Å². The van der Waals surface area contributed by atoms with Gasteiger partial charge in [0.2, 0.25) is 0 Å². The van der Waals surface area contributed by atoms with Gasteiger partial charge in [-0.1, -0.05) is 38.1 Å². The third kappa shape index (κ3) is 10.2. The summed E-state index contributed by atoms with van der Waals surface area (Å²) in [4.78, 5) is 0. The number of hydrogen-bond acceptors (Lipinski definition) is 4. The largest absolute Gasteiger partial charge is 0.396 e. The quantitative estimate of drug-likeness (QED) is 0.611. The van der Waals surface area contributed by atoms with Gasteiger partial charge in [0.25, 0.3) is 0 Å². The Morgan fingerprint density at radius 3 is 1.60 bits per heavy atom. The molecule has 2 N–H and O–H groups in total. The van der Waals surface area contributed by atoms with Gasteiger partial charge in [-0.2, -0.15) is 0 Å². The lowest BCUT2D eigenvalue weighted by atomic mass is 9.92. The molecule has 2 unspecified atom stereocenters. The van der Waals surface area contributed by atoms with Crippen LogP contribution >= 0.6 is 0 Å². The van der Waals surface area contributed by atoms with Gasteiger partial charge in [0.1, 0.15) is 0 Å². The molecule has 1 rings (SSSR count). The van der Waals surface area contributed by atoms with Crippen molar-refractivity contribution in [2.45, 2.75) is 57.6 Å². The minimum Gasteiger partial charge on any atom is -0.396 e. The van der Waals surface area contributed by atoms with Gasteiger partial charge in [-0.3, -0.25) is 8.42 Å². The van der Waals surface area contributed by atoms with E-state index in [9.17, 15) is 18.6 Å². The van der Waals surface area contributed by atoms with Crippen LogP contribution in [-0.2, 0) is 33.1 Å². The first-order valence-corrected chi connectivity index (χ1v) is 11.6. The van der Waals surface area contributed by atoms with Crippen molar-refractivity contribution in [2.75, 3.05) is 18.1 Å². The van der Waals surface area contributed by atoms with E-state index in [4.69, 9.17) is 0 Å². The van der Waals surface area contributed by atoms with Crippen LogP contribution in [-0.4, -0.2) is 42.3 Å². The van der Waals surface area contributed by atoms with Crippen LogP contribution in [0, 0.1) is 5.41 Å². The predicted octanol–water partition coefficient (Wildman–Crippen LogP) is 2.75. The zero-order valence-electron chi connectivity index (χ0n) is 15.8. The Balaban J connectivity index is 2.45. The van der Waals surface area contributed by atoms with E-state index in [2.05, 4.69) is 0 Å². The average molecular weight is 389 g/mol. The fourth-order valence-corrected chi connectivity index (χ4v) is 5.01. The highest BCUT2D eigenvalue weighted by Gasteiger charge is 2.18. The van der Waals surface area contributed by atoms with E-state index in [-0.39, 0.29) is 12.0 Å². The van der Waals surface area contributed by atoms with Crippen LogP contribution in [0.15, 0.2) is 24.3 Å². The van der Waals surface area contributed by atoms with Crippen LogP contribution in [0.25, 0.3) is 0 Å². The van der Waals surface area contributed by atoms with Crippen molar-refractivity contribution in [1.82, 2.24) is 0 Å². The Kier molecular flexibility index (Phi) is 8.95. The molecule has 0 radical (unpaired) electrons. The molecular formula is C19H32O4S2. The monoisotopic (exact) mass is 388 g/mol. The van der Waals surface area contributed by atoms with Gasteiger partial charge < -0.3 is 10.2 Å². The normalized spacial score (nSPS) is 15.1. The Hall–Kier alpha value is -0.560. The second-order valence-corrected chi connectivity index (χ2v) is 11.2. The van der Waals surface area contributed by atoms with Crippen LogP contribution in [0.3, 0.4) is 0 Å². The number of aliphatic hydroxyl groups excluding tert-OH is 1. The van der Waals surface area contributed by atoms with Gasteiger partial charge in [0.05, 0.1) is 5.60 Å². The molecule has 0 amide bonds. The summed E-state index contributed by atoms with van der Waals surface area (Å²) in [5.41, 5.74) is 1.03. The maximum absolute atomic E-state index is 12.2. The lowest BCUT2D eigenvalue weighted by Crippen LogP contribution is -2.21. The number of rotatable bonds is 11. The topological polar surface area (TPSA) is 74.6 Å². The van der Waals surface area contributed by atoms with E-state index >= 15 is 0 Å². The first-order valence-electron chi connectivity index (χ1n) is 8.62. The molecule has 6 heteroatoms. The molecule has 25 heavy (non-hydrogen) atoms. The predicted molar refractivity (Wildman–Crippen MR) is 106 cm³/mol. The van der Waals surface area contributed by atoms with Crippen molar-refractivity contribution in [3.05, 3.63) is 35.4 Å². The second-order valence-electron chi connectivity index (χ2n) is 8.03. The van der Waals surface area contributed by atoms with Gasteiger partial charge in [-0.25, -0.2) is 0 Å². The van der Waals surface area contributed by atoms with E-state index in [1.54, 1.807) is 13.8 Å². The smallest absolute Gasteiger partial charge is 0.0600 e. The van der Waals surface area contributed by atoms with Gasteiger partial charge in [-0.05, 0) is 43.2 Å². The highest BCUT2D eigenvalue weighted by Crippen LogP contribution is 2.20. The molecule has 0 aliphatic rings. The molecule has 0 aliphatic carbocycles. The summed E-state index contributed by atoms with van der Waals surface area (Å²) < 4.78 is 24.2. The molecule has 0 fully saturated rings. The van der Waals surface area contributed by atoms with E-state index in [0.29, 0.717) is 29.4 Å². The molecule has 2 atom stereocenters. The highest BCUT2D eigenvalue weighted by atomic mass is 32.2. The maximum atomic E-state index is 12.2. The lowest BCUT2D eigenvalue weighted by Gasteiger charge is -2.20. The summed E-state index contributed by atoms with van der Waals surface area (Å²) in [6, 6.07) is 7.76. The summed E-state index contributed by atoms with van der Waals surface area (Å²) in [6.45, 7) is 7.49. The first kappa shape index (κ1) is 22.5. The van der Waals surface area contributed by atoms with Gasteiger partial charge in [0.15, 0.2) is 0 Å². The van der Waals surface area contributed by atoms with Crippen molar-refractivity contribution in [3.8, 4) is 0 Å². The molecule has 1 aromatic carbocycles. The minimum absolute atomic E-state index is 0.101. The van der Waals surface area contributed by atoms with E-state index < -0.39 is 27.2 Å². The number of benzene rings is 1. The summed E-state index contributed by atoms with van der Waals surface area (Å²) in [5, 5.41) is 18.9. The fraction of sp³-hybridized carbons (Fsp3) is 0.684. The van der Waals surface area contributed by atoms with Crippen LogP contribution < -0.4 is 0 Å². The van der Waals surface area contributed by atoms with Crippen molar-refractivity contribution in [1.29, 1.82) is 0 Å². The zero-order valence-corrected chi connectivity index (χ0v) is 17.4. The Bertz CT molecular complexity index is 574. The van der Waals surface area contributed by atoms with Gasteiger partial charge in [0, 0.05) is 51.2 Å². The van der Waals surface area contributed by atoms with Crippen LogP contribution in [0.4, 0.5) is 0 Å². The summed E-state index contributed by atoms with van der Waals surface area (Å²) in [6.07, 6.45) is 1.25. The van der Waals surface area contributed by atoms with E-state index in [1.165, 1.54) is 0 Å².